The Labute approximate surface area is 85.4 Å². The van der Waals surface area contributed by atoms with Gasteiger partial charge < -0.3 is 10.8 Å². The monoisotopic (exact) mass is 207 g/mol. The van der Waals surface area contributed by atoms with Crippen molar-refractivity contribution in [1.29, 1.82) is 0 Å². The van der Waals surface area contributed by atoms with Crippen LogP contribution in [0.15, 0.2) is 35.4 Å². The van der Waals surface area contributed by atoms with E-state index in [0.29, 0.717) is 5.56 Å². The lowest BCUT2D eigenvalue weighted by Crippen LogP contribution is -2.28. The van der Waals surface area contributed by atoms with Gasteiger partial charge in [-0.2, -0.15) is 0 Å². The van der Waals surface area contributed by atoms with Crippen LogP contribution in [0.25, 0.3) is 0 Å². The SMILES string of the molecule is NC(=NNC(=O)c1ccccc1)C(=O)O. The smallest absolute Gasteiger partial charge is 0.373 e. The fourth-order valence-electron chi connectivity index (χ4n) is 0.813. The molecule has 0 heterocycles. The highest BCUT2D eigenvalue weighted by atomic mass is 16.4. The molecule has 6 nitrogen and oxygen atoms in total. The van der Waals surface area contributed by atoms with E-state index in [-0.39, 0.29) is 0 Å². The van der Waals surface area contributed by atoms with Crippen LogP contribution in [0.2, 0.25) is 0 Å². The number of nitrogens with zero attached hydrogens (tertiary/aromatic N) is 1. The van der Waals surface area contributed by atoms with Gasteiger partial charge in [0.25, 0.3) is 5.91 Å². The Kier molecular flexibility index (Phi) is 3.39. The number of nitrogens with two attached hydrogens (primary N) is 1. The van der Waals surface area contributed by atoms with E-state index in [1.54, 1.807) is 30.3 Å². The highest BCUT2D eigenvalue weighted by molar-refractivity contribution is 6.33. The summed E-state index contributed by atoms with van der Waals surface area (Å²) in [6.45, 7) is 0. The molecule has 1 aromatic rings. The number of carbonyl (C=O) groups is 2. The van der Waals surface area contributed by atoms with Gasteiger partial charge in [-0.3, -0.25) is 4.79 Å². The van der Waals surface area contributed by atoms with Crippen molar-refractivity contribution in [2.24, 2.45) is 10.8 Å². The number of aliphatic carboxylic acids is 1. The van der Waals surface area contributed by atoms with Crippen LogP contribution in [0.5, 0.6) is 0 Å². The summed E-state index contributed by atoms with van der Waals surface area (Å²) < 4.78 is 0. The normalized spacial score (nSPS) is 10.8. The summed E-state index contributed by atoms with van der Waals surface area (Å²) in [5.41, 5.74) is 7.38. The number of amidine groups is 1. The molecule has 1 amide bonds. The first-order valence-corrected chi connectivity index (χ1v) is 4.03. The Morgan fingerprint density at radius 3 is 2.40 bits per heavy atom. The summed E-state index contributed by atoms with van der Waals surface area (Å²) in [5, 5.41) is 11.6. The first-order chi connectivity index (χ1) is 7.11. The first-order valence-electron chi connectivity index (χ1n) is 4.03. The first kappa shape index (κ1) is 10.7. The lowest BCUT2D eigenvalue weighted by atomic mass is 10.2. The fraction of sp³-hybridized carbons (Fsp3) is 0. The number of hydrogen-bond donors (Lipinski definition) is 3. The third kappa shape index (κ3) is 3.11. The Morgan fingerprint density at radius 1 is 1.27 bits per heavy atom. The molecule has 6 heteroatoms. The van der Waals surface area contributed by atoms with Gasteiger partial charge in [0.2, 0.25) is 5.84 Å². The predicted molar refractivity (Wildman–Crippen MR) is 53.2 cm³/mol. The molecule has 0 aromatic heterocycles. The molecular weight excluding hydrogens is 198 g/mol. The number of hydrazone groups is 1. The van der Waals surface area contributed by atoms with Crippen molar-refractivity contribution < 1.29 is 14.7 Å². The fourth-order valence-corrected chi connectivity index (χ4v) is 0.813. The van der Waals surface area contributed by atoms with Gasteiger partial charge in [-0.25, -0.2) is 10.2 Å². The number of rotatable bonds is 2. The maximum Gasteiger partial charge on any atom is 0.373 e. The van der Waals surface area contributed by atoms with Gasteiger partial charge in [-0.05, 0) is 12.1 Å². The summed E-state index contributed by atoms with van der Waals surface area (Å²) in [7, 11) is 0. The second-order valence-electron chi connectivity index (χ2n) is 2.61. The maximum atomic E-state index is 11.3. The number of hydrogen-bond acceptors (Lipinski definition) is 3. The lowest BCUT2D eigenvalue weighted by Gasteiger charge is -1.99. The van der Waals surface area contributed by atoms with Crippen LogP contribution in [0.3, 0.4) is 0 Å². The maximum absolute atomic E-state index is 11.3. The molecule has 0 aliphatic heterocycles. The summed E-state index contributed by atoms with van der Waals surface area (Å²) in [5.74, 6) is -2.57. The van der Waals surface area contributed by atoms with Gasteiger partial charge >= 0.3 is 5.97 Å². The topological polar surface area (TPSA) is 105 Å². The van der Waals surface area contributed by atoms with Crippen molar-refractivity contribution in [3.8, 4) is 0 Å². The third-order valence-corrected chi connectivity index (χ3v) is 1.53. The van der Waals surface area contributed by atoms with Crippen molar-refractivity contribution in [3.05, 3.63) is 35.9 Å². The van der Waals surface area contributed by atoms with E-state index in [9.17, 15) is 9.59 Å². The van der Waals surface area contributed by atoms with Crippen molar-refractivity contribution in [2.75, 3.05) is 0 Å². The quantitative estimate of drug-likeness (QED) is 0.354. The molecule has 0 aliphatic carbocycles. The zero-order valence-electron chi connectivity index (χ0n) is 7.68. The van der Waals surface area contributed by atoms with E-state index in [4.69, 9.17) is 10.8 Å². The molecule has 1 aromatic carbocycles. The zero-order chi connectivity index (χ0) is 11.3. The molecule has 0 saturated carbocycles. The lowest BCUT2D eigenvalue weighted by molar-refractivity contribution is -0.129. The Hall–Kier alpha value is -2.37. The summed E-state index contributed by atoms with van der Waals surface area (Å²) in [4.78, 5) is 21.5. The average molecular weight is 207 g/mol. The van der Waals surface area contributed by atoms with Crippen LogP contribution < -0.4 is 11.2 Å². The van der Waals surface area contributed by atoms with Gasteiger partial charge in [-0.15, -0.1) is 5.10 Å². The van der Waals surface area contributed by atoms with Gasteiger partial charge in [0, 0.05) is 5.56 Å². The molecule has 1 rings (SSSR count). The molecule has 0 atom stereocenters. The molecule has 0 saturated heterocycles. The van der Waals surface area contributed by atoms with Crippen molar-refractivity contribution >= 4 is 17.7 Å². The van der Waals surface area contributed by atoms with E-state index in [0.717, 1.165) is 0 Å². The van der Waals surface area contributed by atoms with Gasteiger partial charge in [-0.1, -0.05) is 18.2 Å². The number of carboxylic acid groups (broad SMARTS) is 1. The van der Waals surface area contributed by atoms with E-state index >= 15 is 0 Å². The molecule has 0 bridgehead atoms. The van der Waals surface area contributed by atoms with Crippen LogP contribution in [-0.2, 0) is 4.79 Å². The number of carbonyl (C=O) groups excluding carboxylic acids is 1. The second-order valence-corrected chi connectivity index (χ2v) is 2.61. The Morgan fingerprint density at radius 2 is 1.87 bits per heavy atom. The van der Waals surface area contributed by atoms with Crippen LogP contribution in [-0.4, -0.2) is 22.8 Å². The predicted octanol–water partition coefficient (Wildman–Crippen LogP) is -0.227. The van der Waals surface area contributed by atoms with Gasteiger partial charge in [0.1, 0.15) is 0 Å². The zero-order valence-corrected chi connectivity index (χ0v) is 7.68. The van der Waals surface area contributed by atoms with Gasteiger partial charge in [0.05, 0.1) is 0 Å². The average Bonchev–Trinajstić information content (AvgIpc) is 2.26. The van der Waals surface area contributed by atoms with Crippen LogP contribution in [0.4, 0.5) is 0 Å². The summed E-state index contributed by atoms with van der Waals surface area (Å²) in [6, 6.07) is 8.26. The van der Waals surface area contributed by atoms with E-state index in [2.05, 4.69) is 5.10 Å². The second kappa shape index (κ2) is 4.75. The molecule has 4 N–H and O–H groups in total. The number of benzene rings is 1. The highest BCUT2D eigenvalue weighted by Crippen LogP contribution is 1.97. The number of nitrogens with one attached hydrogen (secondary N) is 1. The minimum atomic E-state index is -1.39. The van der Waals surface area contributed by atoms with E-state index in [1.807, 2.05) is 5.43 Å². The summed E-state index contributed by atoms with van der Waals surface area (Å²) >= 11 is 0. The van der Waals surface area contributed by atoms with Crippen LogP contribution >= 0.6 is 0 Å². The summed E-state index contributed by atoms with van der Waals surface area (Å²) in [6.07, 6.45) is 0. The standard InChI is InChI=1S/C9H9N3O3/c10-7(9(14)15)11-12-8(13)6-4-2-1-3-5-6/h1-5H,(H2,10,11)(H,12,13)(H,14,15). The minimum Gasteiger partial charge on any atom is -0.475 e. The highest BCUT2D eigenvalue weighted by Gasteiger charge is 2.06. The molecule has 0 aliphatic rings. The minimum absolute atomic E-state index is 0.374. The van der Waals surface area contributed by atoms with Crippen LogP contribution in [0, 0.1) is 0 Å². The molecule has 0 fully saturated rings. The van der Waals surface area contributed by atoms with Crippen molar-refractivity contribution in [1.82, 2.24) is 5.43 Å². The van der Waals surface area contributed by atoms with Gasteiger partial charge in [0.15, 0.2) is 0 Å². The Balaban J connectivity index is 2.66. The largest absolute Gasteiger partial charge is 0.475 e. The third-order valence-electron chi connectivity index (χ3n) is 1.53. The Bertz CT molecular complexity index is 400. The molecular formula is C9H9N3O3. The molecule has 15 heavy (non-hydrogen) atoms. The van der Waals surface area contributed by atoms with Crippen LogP contribution in [0.1, 0.15) is 10.4 Å². The molecule has 78 valence electrons. The van der Waals surface area contributed by atoms with Crippen molar-refractivity contribution in [2.45, 2.75) is 0 Å². The molecule has 0 radical (unpaired) electrons. The van der Waals surface area contributed by atoms with Crippen molar-refractivity contribution in [3.63, 3.8) is 0 Å². The number of amides is 1. The number of carboxylic acids is 1. The molecule has 0 unspecified atom stereocenters. The molecule has 0 spiro atoms. The van der Waals surface area contributed by atoms with E-state index in [1.165, 1.54) is 0 Å². The van der Waals surface area contributed by atoms with E-state index < -0.39 is 17.7 Å².